The van der Waals surface area contributed by atoms with Crippen LogP contribution in [0, 0.1) is 0 Å². The van der Waals surface area contributed by atoms with Crippen molar-refractivity contribution in [1.29, 1.82) is 0 Å². The number of rotatable bonds is 8. The van der Waals surface area contributed by atoms with Gasteiger partial charge >= 0.3 is 10.4 Å². The van der Waals surface area contributed by atoms with Crippen molar-refractivity contribution in [2.45, 2.75) is 0 Å². The fourth-order valence-electron chi connectivity index (χ4n) is 3.08. The molecule has 0 spiro atoms. The van der Waals surface area contributed by atoms with Gasteiger partial charge in [-0.15, -0.1) is 0 Å². The molecule has 0 bridgehead atoms. The highest BCUT2D eigenvalue weighted by Gasteiger charge is 2.34. The van der Waals surface area contributed by atoms with E-state index in [2.05, 4.69) is 9.50 Å². The molecule has 154 valence electrons. The van der Waals surface area contributed by atoms with E-state index in [-0.39, 0.29) is 65.8 Å². The lowest BCUT2D eigenvalue weighted by Gasteiger charge is -2.23. The predicted octanol–water partition coefficient (Wildman–Crippen LogP) is 0.874. The molecule has 11 heteroatoms. The Morgan fingerprint density at radius 1 is 0.897 bits per heavy atom. The number of ketones is 2. The molecule has 0 unspecified atom stereocenters. The second-order valence-corrected chi connectivity index (χ2v) is 7.26. The Labute approximate surface area is 166 Å². The molecule has 0 saturated carbocycles. The van der Waals surface area contributed by atoms with E-state index in [0.29, 0.717) is 5.69 Å². The molecule has 0 fully saturated rings. The van der Waals surface area contributed by atoms with Crippen LogP contribution in [0.15, 0.2) is 30.3 Å². The Kier molecular flexibility index (Phi) is 5.84. The smallest absolute Gasteiger partial charge is 0.397 e. The summed E-state index contributed by atoms with van der Waals surface area (Å²) >= 11 is 0. The lowest BCUT2D eigenvalue weighted by molar-refractivity contribution is 0.0980. The van der Waals surface area contributed by atoms with Crippen LogP contribution < -0.4 is 16.8 Å². The highest BCUT2D eigenvalue weighted by Crippen LogP contribution is 2.36. The van der Waals surface area contributed by atoms with Crippen molar-refractivity contribution in [3.8, 4) is 0 Å². The molecule has 0 heterocycles. The Balaban J connectivity index is 1.72. The molecule has 0 atom stereocenters. The van der Waals surface area contributed by atoms with Crippen LogP contribution in [0.25, 0.3) is 0 Å². The Morgan fingerprint density at radius 2 is 1.55 bits per heavy atom. The second kappa shape index (κ2) is 8.17. The van der Waals surface area contributed by atoms with E-state index < -0.39 is 16.2 Å². The molecule has 0 saturated heterocycles. The SMILES string of the molecule is Nc1ccc(N)c2c1C(=O)c1cccc(NCCOCCOS(=O)(=O)O)c1C2=O. The second-order valence-electron chi connectivity index (χ2n) is 6.17. The first kappa shape index (κ1) is 20.7. The Bertz CT molecular complexity index is 1080. The molecule has 6 N–H and O–H groups in total. The van der Waals surface area contributed by atoms with Crippen molar-refractivity contribution in [3.05, 3.63) is 52.6 Å². The molecule has 0 amide bonds. The minimum absolute atomic E-state index is 0.0605. The Morgan fingerprint density at radius 3 is 2.21 bits per heavy atom. The van der Waals surface area contributed by atoms with Crippen LogP contribution in [0.3, 0.4) is 0 Å². The number of nitrogens with two attached hydrogens (primary N) is 2. The highest BCUT2D eigenvalue weighted by molar-refractivity contribution is 7.80. The van der Waals surface area contributed by atoms with Crippen molar-refractivity contribution in [1.82, 2.24) is 0 Å². The van der Waals surface area contributed by atoms with Gasteiger partial charge in [-0.2, -0.15) is 8.42 Å². The summed E-state index contributed by atoms with van der Waals surface area (Å²) in [5.41, 5.74) is 13.3. The molecule has 1 aliphatic carbocycles. The number of benzene rings is 2. The third-order valence-corrected chi connectivity index (χ3v) is 4.75. The van der Waals surface area contributed by atoms with Gasteiger partial charge in [-0.3, -0.25) is 14.1 Å². The number of carbonyl (C=O) groups is 2. The standard InChI is InChI=1S/C18H19N3O7S/c19-11-4-5-12(20)16-15(11)17(22)10-2-1-3-13(14(10)18(16)23)21-6-7-27-8-9-28-29(24,25)26/h1-5,21H,6-9,19-20H2,(H,24,25,26). The highest BCUT2D eigenvalue weighted by atomic mass is 32.3. The number of nitrogen functional groups attached to an aromatic ring is 2. The van der Waals surface area contributed by atoms with Gasteiger partial charge in [-0.1, -0.05) is 12.1 Å². The number of hydrogen-bond donors (Lipinski definition) is 4. The van der Waals surface area contributed by atoms with Gasteiger partial charge in [0.25, 0.3) is 0 Å². The van der Waals surface area contributed by atoms with Crippen LogP contribution in [-0.2, 0) is 19.3 Å². The van der Waals surface area contributed by atoms with Gasteiger partial charge in [0, 0.05) is 29.2 Å². The van der Waals surface area contributed by atoms with E-state index >= 15 is 0 Å². The lowest BCUT2D eigenvalue weighted by Crippen LogP contribution is -2.25. The molecule has 2 aromatic carbocycles. The quantitative estimate of drug-likeness (QED) is 0.232. The average Bonchev–Trinajstić information content (AvgIpc) is 2.66. The number of hydrogen-bond acceptors (Lipinski definition) is 9. The van der Waals surface area contributed by atoms with Crippen LogP contribution in [-0.4, -0.2) is 50.9 Å². The first-order valence-electron chi connectivity index (χ1n) is 8.54. The van der Waals surface area contributed by atoms with Gasteiger partial charge < -0.3 is 21.5 Å². The first-order chi connectivity index (χ1) is 13.7. The molecule has 0 radical (unpaired) electrons. The molecule has 3 rings (SSSR count). The summed E-state index contributed by atoms with van der Waals surface area (Å²) in [6, 6.07) is 7.83. The summed E-state index contributed by atoms with van der Waals surface area (Å²) in [7, 11) is -4.50. The summed E-state index contributed by atoms with van der Waals surface area (Å²) in [5, 5.41) is 3.02. The van der Waals surface area contributed by atoms with Crippen molar-refractivity contribution in [3.63, 3.8) is 0 Å². The molecular formula is C18H19N3O7S. The predicted molar refractivity (Wildman–Crippen MR) is 105 cm³/mol. The van der Waals surface area contributed by atoms with Crippen molar-refractivity contribution in [2.24, 2.45) is 0 Å². The first-order valence-corrected chi connectivity index (χ1v) is 9.91. The van der Waals surface area contributed by atoms with Gasteiger partial charge in [0.2, 0.25) is 0 Å². The fourth-order valence-corrected chi connectivity index (χ4v) is 3.35. The number of anilines is 3. The number of ether oxygens (including phenoxy) is 1. The largest absolute Gasteiger partial charge is 0.398 e. The minimum Gasteiger partial charge on any atom is -0.398 e. The van der Waals surface area contributed by atoms with Gasteiger partial charge in [0.05, 0.1) is 36.5 Å². The van der Waals surface area contributed by atoms with Gasteiger partial charge in [-0.05, 0) is 18.2 Å². The molecule has 0 aliphatic heterocycles. The summed E-state index contributed by atoms with van der Waals surface area (Å²) in [6.07, 6.45) is 0. The molecule has 29 heavy (non-hydrogen) atoms. The van der Waals surface area contributed by atoms with Gasteiger partial charge in [0.15, 0.2) is 11.6 Å². The monoisotopic (exact) mass is 421 g/mol. The lowest BCUT2D eigenvalue weighted by atomic mass is 9.81. The zero-order chi connectivity index (χ0) is 21.2. The molecule has 10 nitrogen and oxygen atoms in total. The normalized spacial score (nSPS) is 13.1. The summed E-state index contributed by atoms with van der Waals surface area (Å²) in [6.45, 7) is 0.0361. The maximum absolute atomic E-state index is 13.1. The van der Waals surface area contributed by atoms with Crippen molar-refractivity contribution in [2.75, 3.05) is 43.1 Å². The fraction of sp³-hybridized carbons (Fsp3) is 0.222. The molecule has 1 aliphatic rings. The number of fused-ring (bicyclic) bond motifs is 2. The maximum atomic E-state index is 13.1. The number of nitrogens with one attached hydrogen (secondary N) is 1. The van der Waals surface area contributed by atoms with Crippen LogP contribution in [0.1, 0.15) is 31.8 Å². The van der Waals surface area contributed by atoms with Gasteiger partial charge in [0.1, 0.15) is 0 Å². The van der Waals surface area contributed by atoms with E-state index in [1.807, 2.05) is 0 Å². The summed E-state index contributed by atoms with van der Waals surface area (Å²) < 4.78 is 38.6. The van der Waals surface area contributed by atoms with Crippen LogP contribution in [0.4, 0.5) is 17.1 Å². The van der Waals surface area contributed by atoms with E-state index in [4.69, 9.17) is 20.8 Å². The molecule has 0 aromatic heterocycles. The van der Waals surface area contributed by atoms with Crippen LogP contribution >= 0.6 is 0 Å². The van der Waals surface area contributed by atoms with E-state index in [0.717, 1.165) is 0 Å². The van der Waals surface area contributed by atoms with E-state index in [1.165, 1.54) is 12.1 Å². The summed E-state index contributed by atoms with van der Waals surface area (Å²) in [4.78, 5) is 25.9. The summed E-state index contributed by atoms with van der Waals surface area (Å²) in [5.74, 6) is -0.772. The van der Waals surface area contributed by atoms with Crippen molar-refractivity contribution >= 4 is 39.0 Å². The third-order valence-electron chi connectivity index (χ3n) is 4.28. The zero-order valence-electron chi connectivity index (χ0n) is 15.2. The number of carbonyl (C=O) groups excluding carboxylic acids is 2. The molecular weight excluding hydrogens is 402 g/mol. The van der Waals surface area contributed by atoms with Crippen LogP contribution in [0.5, 0.6) is 0 Å². The maximum Gasteiger partial charge on any atom is 0.397 e. The van der Waals surface area contributed by atoms with Gasteiger partial charge in [-0.25, -0.2) is 4.18 Å². The minimum atomic E-state index is -4.50. The zero-order valence-corrected chi connectivity index (χ0v) is 16.0. The Hall–Kier alpha value is -2.99. The van der Waals surface area contributed by atoms with E-state index in [9.17, 15) is 18.0 Å². The molecule has 2 aromatic rings. The van der Waals surface area contributed by atoms with Crippen LogP contribution in [0.2, 0.25) is 0 Å². The van der Waals surface area contributed by atoms with Crippen molar-refractivity contribution < 1.29 is 31.5 Å². The topological polar surface area (TPSA) is 171 Å². The average molecular weight is 421 g/mol. The van der Waals surface area contributed by atoms with E-state index in [1.54, 1.807) is 18.2 Å². The third kappa shape index (κ3) is 4.38.